The lowest BCUT2D eigenvalue weighted by molar-refractivity contribution is -0.134. The fraction of sp³-hybridized carbons (Fsp3) is 0.923. The van der Waals surface area contributed by atoms with E-state index < -0.39 is 0 Å². The third kappa shape index (κ3) is 1.97. The van der Waals surface area contributed by atoms with Crippen molar-refractivity contribution in [1.82, 2.24) is 4.90 Å². The average Bonchev–Trinajstić information content (AvgIpc) is 2.58. The summed E-state index contributed by atoms with van der Waals surface area (Å²) in [6, 6.07) is 0.291. The molecule has 1 aliphatic carbocycles. The van der Waals surface area contributed by atoms with Crippen LogP contribution < -0.4 is 5.73 Å². The van der Waals surface area contributed by atoms with Crippen molar-refractivity contribution in [3.8, 4) is 0 Å². The lowest BCUT2D eigenvalue weighted by atomic mass is 10.0. The normalized spacial score (nSPS) is 29.9. The maximum atomic E-state index is 12.5. The SMILES string of the molecule is CC1(C)C(C(=O)N2CCCC2CN)C1(C)C.Cl. The molecule has 100 valence electrons. The van der Waals surface area contributed by atoms with E-state index in [2.05, 4.69) is 27.7 Å². The van der Waals surface area contributed by atoms with Gasteiger partial charge in [-0.2, -0.15) is 0 Å². The van der Waals surface area contributed by atoms with Crippen molar-refractivity contribution < 1.29 is 4.79 Å². The van der Waals surface area contributed by atoms with Crippen LogP contribution in [-0.4, -0.2) is 29.9 Å². The molecule has 1 atom stereocenters. The predicted octanol–water partition coefficient (Wildman–Crippen LogP) is 2.04. The van der Waals surface area contributed by atoms with Gasteiger partial charge in [0, 0.05) is 25.0 Å². The van der Waals surface area contributed by atoms with Crippen LogP contribution >= 0.6 is 12.4 Å². The summed E-state index contributed by atoms with van der Waals surface area (Å²) in [6.45, 7) is 10.3. The highest BCUT2D eigenvalue weighted by atomic mass is 35.5. The van der Waals surface area contributed by atoms with Crippen molar-refractivity contribution in [2.75, 3.05) is 13.1 Å². The first-order chi connectivity index (χ1) is 7.34. The first-order valence-electron chi connectivity index (χ1n) is 6.34. The second kappa shape index (κ2) is 4.43. The average molecular weight is 261 g/mol. The van der Waals surface area contributed by atoms with Gasteiger partial charge in [-0.3, -0.25) is 4.79 Å². The molecule has 1 unspecified atom stereocenters. The van der Waals surface area contributed by atoms with Crippen LogP contribution in [0.3, 0.4) is 0 Å². The third-order valence-electron chi connectivity index (χ3n) is 5.20. The Morgan fingerprint density at radius 2 is 1.82 bits per heavy atom. The molecule has 1 heterocycles. The number of amides is 1. The summed E-state index contributed by atoms with van der Waals surface area (Å²) in [5, 5.41) is 0. The van der Waals surface area contributed by atoms with Crippen LogP contribution in [0.15, 0.2) is 0 Å². The van der Waals surface area contributed by atoms with Gasteiger partial charge in [0.05, 0.1) is 0 Å². The fourth-order valence-electron chi connectivity index (χ4n) is 3.35. The van der Waals surface area contributed by atoms with Gasteiger partial charge in [0.25, 0.3) is 0 Å². The second-order valence-corrected chi connectivity index (χ2v) is 6.44. The summed E-state index contributed by atoms with van der Waals surface area (Å²) in [5.74, 6) is 0.523. The molecule has 0 bridgehead atoms. The zero-order valence-corrected chi connectivity index (χ0v) is 12.1. The van der Waals surface area contributed by atoms with E-state index in [1.54, 1.807) is 0 Å². The van der Waals surface area contributed by atoms with E-state index in [9.17, 15) is 4.79 Å². The molecule has 0 radical (unpaired) electrons. The minimum atomic E-state index is 0. The van der Waals surface area contributed by atoms with Crippen molar-refractivity contribution in [2.24, 2.45) is 22.5 Å². The van der Waals surface area contributed by atoms with Gasteiger partial charge < -0.3 is 10.6 Å². The van der Waals surface area contributed by atoms with Crippen LogP contribution in [0, 0.1) is 16.7 Å². The van der Waals surface area contributed by atoms with Crippen molar-refractivity contribution in [3.05, 3.63) is 0 Å². The zero-order chi connectivity index (χ0) is 12.1. The maximum absolute atomic E-state index is 12.5. The van der Waals surface area contributed by atoms with Crippen LogP contribution in [-0.2, 0) is 4.79 Å². The molecule has 17 heavy (non-hydrogen) atoms. The number of hydrogen-bond donors (Lipinski definition) is 1. The van der Waals surface area contributed by atoms with E-state index in [1.807, 2.05) is 4.90 Å². The molecule has 2 fully saturated rings. The standard InChI is InChI=1S/C13H24N2O.ClH/c1-12(2)10(13(12,3)4)11(16)15-7-5-6-9(15)8-14;/h9-10H,5-8,14H2,1-4H3;1H. The molecule has 4 heteroatoms. The van der Waals surface area contributed by atoms with Gasteiger partial charge in [0.2, 0.25) is 5.91 Å². The van der Waals surface area contributed by atoms with Gasteiger partial charge in [-0.25, -0.2) is 0 Å². The largest absolute Gasteiger partial charge is 0.338 e. The smallest absolute Gasteiger partial charge is 0.227 e. The van der Waals surface area contributed by atoms with Crippen LogP contribution in [0.25, 0.3) is 0 Å². The fourth-order valence-corrected chi connectivity index (χ4v) is 3.35. The quantitative estimate of drug-likeness (QED) is 0.826. The number of likely N-dealkylation sites (tertiary alicyclic amines) is 1. The van der Waals surface area contributed by atoms with Crippen LogP contribution in [0.1, 0.15) is 40.5 Å². The lowest BCUT2D eigenvalue weighted by Crippen LogP contribution is -2.41. The molecule has 1 amide bonds. The predicted molar refractivity (Wildman–Crippen MR) is 72.1 cm³/mol. The molecule has 0 aromatic rings. The highest BCUT2D eigenvalue weighted by Gasteiger charge is 2.69. The summed E-state index contributed by atoms with van der Waals surface area (Å²) in [5.41, 5.74) is 6.01. The highest BCUT2D eigenvalue weighted by molar-refractivity contribution is 5.85. The lowest BCUT2D eigenvalue weighted by Gasteiger charge is -2.24. The Morgan fingerprint density at radius 1 is 1.29 bits per heavy atom. The Bertz CT molecular complexity index is 301. The minimum absolute atomic E-state index is 0. The summed E-state index contributed by atoms with van der Waals surface area (Å²) >= 11 is 0. The van der Waals surface area contributed by atoms with E-state index >= 15 is 0 Å². The third-order valence-corrected chi connectivity index (χ3v) is 5.20. The molecule has 0 aromatic heterocycles. The number of nitrogens with two attached hydrogens (primary N) is 1. The first kappa shape index (κ1) is 14.8. The van der Waals surface area contributed by atoms with E-state index in [0.717, 1.165) is 19.4 Å². The highest BCUT2D eigenvalue weighted by Crippen LogP contribution is 2.69. The Labute approximate surface area is 111 Å². The Balaban J connectivity index is 0.00000144. The molecule has 0 spiro atoms. The molecule has 1 saturated carbocycles. The van der Waals surface area contributed by atoms with Crippen LogP contribution in [0.4, 0.5) is 0 Å². The van der Waals surface area contributed by atoms with Crippen molar-refractivity contribution in [1.29, 1.82) is 0 Å². The maximum Gasteiger partial charge on any atom is 0.227 e. The van der Waals surface area contributed by atoms with Crippen molar-refractivity contribution in [2.45, 2.75) is 46.6 Å². The summed E-state index contributed by atoms with van der Waals surface area (Å²) in [6.07, 6.45) is 2.19. The number of nitrogens with zero attached hydrogens (tertiary/aromatic N) is 1. The number of halogens is 1. The summed E-state index contributed by atoms with van der Waals surface area (Å²) < 4.78 is 0. The van der Waals surface area contributed by atoms with E-state index in [0.29, 0.717) is 18.5 Å². The minimum Gasteiger partial charge on any atom is -0.338 e. The molecular formula is C13H25ClN2O. The topological polar surface area (TPSA) is 46.3 Å². The molecule has 1 aliphatic heterocycles. The van der Waals surface area contributed by atoms with E-state index in [1.165, 1.54) is 0 Å². The number of rotatable bonds is 2. The van der Waals surface area contributed by atoms with Crippen LogP contribution in [0.5, 0.6) is 0 Å². The van der Waals surface area contributed by atoms with Gasteiger partial charge in [-0.05, 0) is 23.7 Å². The Hall–Kier alpha value is -0.280. The van der Waals surface area contributed by atoms with Crippen molar-refractivity contribution >= 4 is 18.3 Å². The Kier molecular flexibility index (Phi) is 3.85. The summed E-state index contributed by atoms with van der Waals surface area (Å²) in [7, 11) is 0. The summed E-state index contributed by atoms with van der Waals surface area (Å²) in [4.78, 5) is 14.5. The second-order valence-electron chi connectivity index (χ2n) is 6.44. The van der Waals surface area contributed by atoms with Gasteiger partial charge >= 0.3 is 0 Å². The van der Waals surface area contributed by atoms with E-state index in [-0.39, 0.29) is 29.2 Å². The first-order valence-corrected chi connectivity index (χ1v) is 6.34. The van der Waals surface area contributed by atoms with Gasteiger partial charge in [0.1, 0.15) is 0 Å². The monoisotopic (exact) mass is 260 g/mol. The van der Waals surface area contributed by atoms with Gasteiger partial charge in [0.15, 0.2) is 0 Å². The number of carbonyl (C=O) groups is 1. The number of hydrogen-bond acceptors (Lipinski definition) is 2. The molecule has 2 N–H and O–H groups in total. The van der Waals surface area contributed by atoms with Gasteiger partial charge in [-0.15, -0.1) is 12.4 Å². The van der Waals surface area contributed by atoms with Gasteiger partial charge in [-0.1, -0.05) is 27.7 Å². The molecule has 0 aromatic carbocycles. The van der Waals surface area contributed by atoms with Crippen LogP contribution in [0.2, 0.25) is 0 Å². The molecule has 3 nitrogen and oxygen atoms in total. The molecule has 2 aliphatic rings. The molecular weight excluding hydrogens is 236 g/mol. The number of carbonyl (C=O) groups excluding carboxylic acids is 1. The molecule has 2 rings (SSSR count). The zero-order valence-electron chi connectivity index (χ0n) is 11.3. The van der Waals surface area contributed by atoms with Crippen molar-refractivity contribution in [3.63, 3.8) is 0 Å². The Morgan fingerprint density at radius 3 is 2.24 bits per heavy atom. The van der Waals surface area contributed by atoms with E-state index in [4.69, 9.17) is 5.73 Å². The molecule has 1 saturated heterocycles.